The number of benzene rings is 2. The van der Waals surface area contributed by atoms with Crippen LogP contribution in [0.1, 0.15) is 5.56 Å². The lowest BCUT2D eigenvalue weighted by molar-refractivity contribution is -0.384. The lowest BCUT2D eigenvalue weighted by atomic mass is 10.1. The lowest BCUT2D eigenvalue weighted by Crippen LogP contribution is -2.17. The summed E-state index contributed by atoms with van der Waals surface area (Å²) in [4.78, 5) is 23.9. The summed E-state index contributed by atoms with van der Waals surface area (Å²) in [6.07, 6.45) is 0.493. The molecule has 0 spiro atoms. The van der Waals surface area contributed by atoms with Crippen molar-refractivity contribution < 1.29 is 14.5 Å². The Labute approximate surface area is 143 Å². The minimum absolute atomic E-state index is 0.103. The molecule has 0 radical (unpaired) electrons. The maximum Gasteiger partial charge on any atom is 0.297 e. The van der Waals surface area contributed by atoms with Gasteiger partial charge in [0.05, 0.1) is 28.8 Å². The fourth-order valence-electron chi connectivity index (χ4n) is 2.17. The topological polar surface area (TPSA) is 72.7 Å². The highest BCUT2D eigenvalue weighted by Gasteiger charge is 2.24. The Bertz CT molecular complexity index is 782. The van der Waals surface area contributed by atoms with E-state index in [1.165, 1.54) is 25.3 Å². The van der Waals surface area contributed by atoms with Gasteiger partial charge in [-0.05, 0) is 30.7 Å². The molecule has 0 saturated carbocycles. The Hall–Kier alpha value is -2.25. The second-order valence-corrected chi connectivity index (χ2v) is 5.50. The number of nitrogens with zero attached hydrogens (tertiary/aromatic N) is 2. The van der Waals surface area contributed by atoms with Crippen molar-refractivity contribution in [1.82, 2.24) is 0 Å². The number of hydrogen-bond acceptors (Lipinski definition) is 5. The van der Waals surface area contributed by atoms with Gasteiger partial charge in [-0.15, -0.1) is 12.6 Å². The van der Waals surface area contributed by atoms with E-state index >= 15 is 0 Å². The number of rotatable bonds is 5. The van der Waals surface area contributed by atoms with Gasteiger partial charge in [0.25, 0.3) is 5.69 Å². The molecule has 0 unspecified atom stereocenters. The lowest BCUT2D eigenvalue weighted by Gasteiger charge is -2.22. The third-order valence-electron chi connectivity index (χ3n) is 3.29. The summed E-state index contributed by atoms with van der Waals surface area (Å²) in [5.74, 6) is 0.320. The van der Waals surface area contributed by atoms with Crippen LogP contribution in [0.3, 0.4) is 0 Å². The Morgan fingerprint density at radius 1 is 1.35 bits per heavy atom. The average Bonchev–Trinajstić information content (AvgIpc) is 2.54. The van der Waals surface area contributed by atoms with Crippen molar-refractivity contribution in [1.29, 1.82) is 0 Å². The van der Waals surface area contributed by atoms with Crippen LogP contribution in [0.4, 0.5) is 17.1 Å². The number of ether oxygens (including phenoxy) is 1. The van der Waals surface area contributed by atoms with Crippen LogP contribution in [0.15, 0.2) is 35.2 Å². The molecule has 2 aromatic carbocycles. The number of nitro benzene ring substituents is 1. The Balaban J connectivity index is 2.70. The van der Waals surface area contributed by atoms with Gasteiger partial charge in [0.2, 0.25) is 6.41 Å². The van der Waals surface area contributed by atoms with E-state index in [4.69, 9.17) is 16.3 Å². The second-order valence-electron chi connectivity index (χ2n) is 4.65. The van der Waals surface area contributed by atoms with Gasteiger partial charge in [0, 0.05) is 4.90 Å². The Kier molecular flexibility index (Phi) is 5.12. The molecule has 0 aliphatic carbocycles. The number of amides is 1. The molecular weight excluding hydrogens is 340 g/mol. The van der Waals surface area contributed by atoms with Crippen LogP contribution >= 0.6 is 24.2 Å². The highest BCUT2D eigenvalue weighted by molar-refractivity contribution is 7.80. The highest BCUT2D eigenvalue weighted by atomic mass is 35.5. The van der Waals surface area contributed by atoms with E-state index in [-0.39, 0.29) is 11.4 Å². The van der Waals surface area contributed by atoms with E-state index in [0.29, 0.717) is 33.3 Å². The van der Waals surface area contributed by atoms with E-state index in [1.807, 2.05) is 0 Å². The zero-order chi connectivity index (χ0) is 17.1. The third-order valence-corrected chi connectivity index (χ3v) is 4.19. The zero-order valence-corrected chi connectivity index (χ0v) is 14.0. The van der Waals surface area contributed by atoms with Gasteiger partial charge in [-0.25, -0.2) is 0 Å². The molecule has 23 heavy (non-hydrogen) atoms. The number of nitro groups is 1. The number of aryl methyl sites for hydroxylation is 1. The van der Waals surface area contributed by atoms with E-state index in [0.717, 1.165) is 4.90 Å². The summed E-state index contributed by atoms with van der Waals surface area (Å²) in [5, 5.41) is 11.7. The molecule has 0 fully saturated rings. The molecule has 0 heterocycles. The van der Waals surface area contributed by atoms with Crippen LogP contribution in [-0.2, 0) is 4.79 Å². The van der Waals surface area contributed by atoms with Crippen LogP contribution in [-0.4, -0.2) is 18.4 Å². The van der Waals surface area contributed by atoms with E-state index in [2.05, 4.69) is 12.6 Å². The number of carbonyl (C=O) groups excluding carboxylic acids is 1. The van der Waals surface area contributed by atoms with Gasteiger partial charge in [-0.2, -0.15) is 0 Å². The van der Waals surface area contributed by atoms with Gasteiger partial charge in [-0.3, -0.25) is 19.8 Å². The van der Waals surface area contributed by atoms with Crippen molar-refractivity contribution in [2.75, 3.05) is 12.0 Å². The summed E-state index contributed by atoms with van der Waals surface area (Å²) < 4.78 is 5.00. The minimum atomic E-state index is -0.577. The second kappa shape index (κ2) is 6.89. The largest absolute Gasteiger partial charge is 0.496 e. The quantitative estimate of drug-likeness (QED) is 0.380. The average molecular weight is 353 g/mol. The van der Waals surface area contributed by atoms with Crippen LogP contribution < -0.4 is 9.64 Å². The fraction of sp³-hybridized carbons (Fsp3) is 0.133. The number of anilines is 2. The van der Waals surface area contributed by atoms with Crippen molar-refractivity contribution in [2.24, 2.45) is 0 Å². The standard InChI is InChI=1S/C15H13ClN2O4S/c1-9-3-5-11(16)15(23)14(9)17(8-19)12-6-4-10(22-2)7-13(12)18(20)21/h3-8,23H,1-2H3. The first-order chi connectivity index (χ1) is 10.9. The van der Waals surface area contributed by atoms with E-state index < -0.39 is 4.92 Å². The van der Waals surface area contributed by atoms with Crippen LogP contribution in [0.5, 0.6) is 5.75 Å². The van der Waals surface area contributed by atoms with Crippen LogP contribution in [0, 0.1) is 17.0 Å². The highest BCUT2D eigenvalue weighted by Crippen LogP contribution is 2.41. The molecule has 6 nitrogen and oxygen atoms in total. The molecule has 2 rings (SSSR count). The van der Waals surface area contributed by atoms with Gasteiger partial charge in [-0.1, -0.05) is 17.7 Å². The summed E-state index contributed by atoms with van der Waals surface area (Å²) >= 11 is 10.4. The first-order valence-electron chi connectivity index (χ1n) is 6.45. The van der Waals surface area contributed by atoms with Crippen LogP contribution in [0.2, 0.25) is 5.02 Å². The van der Waals surface area contributed by atoms with E-state index in [1.54, 1.807) is 19.1 Å². The van der Waals surface area contributed by atoms with Gasteiger partial charge < -0.3 is 4.74 Å². The number of halogens is 1. The fourth-order valence-corrected chi connectivity index (χ4v) is 2.68. The predicted octanol–water partition coefficient (Wildman–Crippen LogP) is 4.15. The maximum absolute atomic E-state index is 11.6. The number of hydrogen-bond donors (Lipinski definition) is 1. The molecule has 8 heteroatoms. The Morgan fingerprint density at radius 2 is 2.04 bits per heavy atom. The first-order valence-corrected chi connectivity index (χ1v) is 7.28. The molecule has 0 saturated heterocycles. The smallest absolute Gasteiger partial charge is 0.297 e. The van der Waals surface area contributed by atoms with Crippen molar-refractivity contribution in [2.45, 2.75) is 11.8 Å². The number of methoxy groups -OCH3 is 1. The Morgan fingerprint density at radius 3 is 2.61 bits per heavy atom. The van der Waals surface area contributed by atoms with Crippen molar-refractivity contribution in [3.05, 3.63) is 51.0 Å². The SMILES string of the molecule is COc1ccc(N(C=O)c2c(C)ccc(Cl)c2S)c([N+](=O)[O-])c1. The molecule has 0 aliphatic heterocycles. The summed E-state index contributed by atoms with van der Waals surface area (Å²) in [6, 6.07) is 7.59. The van der Waals surface area contributed by atoms with Gasteiger partial charge >= 0.3 is 0 Å². The normalized spacial score (nSPS) is 10.3. The predicted molar refractivity (Wildman–Crippen MR) is 91.3 cm³/mol. The van der Waals surface area contributed by atoms with Crippen molar-refractivity contribution in [3.8, 4) is 5.75 Å². The molecule has 120 valence electrons. The molecule has 0 aromatic heterocycles. The van der Waals surface area contributed by atoms with Crippen LogP contribution in [0.25, 0.3) is 0 Å². The summed E-state index contributed by atoms with van der Waals surface area (Å²) in [6.45, 7) is 1.76. The van der Waals surface area contributed by atoms with Gasteiger partial charge in [0.15, 0.2) is 0 Å². The number of thiol groups is 1. The molecule has 0 bridgehead atoms. The zero-order valence-electron chi connectivity index (χ0n) is 12.3. The van der Waals surface area contributed by atoms with Crippen molar-refractivity contribution in [3.63, 3.8) is 0 Å². The monoisotopic (exact) mass is 352 g/mol. The van der Waals surface area contributed by atoms with E-state index in [9.17, 15) is 14.9 Å². The molecule has 0 aliphatic rings. The number of carbonyl (C=O) groups is 1. The maximum atomic E-state index is 11.6. The van der Waals surface area contributed by atoms with Gasteiger partial charge in [0.1, 0.15) is 11.4 Å². The summed E-state index contributed by atoms with van der Waals surface area (Å²) in [7, 11) is 1.41. The molecular formula is C15H13ClN2O4S. The van der Waals surface area contributed by atoms with Crippen molar-refractivity contribution >= 4 is 47.7 Å². The summed E-state index contributed by atoms with van der Waals surface area (Å²) in [5.41, 5.74) is 0.941. The molecule has 0 N–H and O–H groups in total. The molecule has 2 aromatic rings. The molecule has 0 atom stereocenters. The third kappa shape index (κ3) is 3.25. The minimum Gasteiger partial charge on any atom is -0.496 e. The first kappa shape index (κ1) is 17.1. The molecule has 1 amide bonds.